The van der Waals surface area contributed by atoms with Crippen molar-refractivity contribution >= 4 is 0 Å². The number of methoxy groups -OCH3 is 2. The quantitative estimate of drug-likeness (QED) is 0.764. The summed E-state index contributed by atoms with van der Waals surface area (Å²) in [7, 11) is 2.98. The van der Waals surface area contributed by atoms with Gasteiger partial charge in [0, 0.05) is 20.3 Å². The Balaban J connectivity index is 2.99. The van der Waals surface area contributed by atoms with Crippen LogP contribution in [0.1, 0.15) is 24.9 Å². The molecule has 102 valence electrons. The Hall–Kier alpha value is -1.04. The number of rotatable bonds is 7. The molecule has 0 heterocycles. The fraction of sp³-hybridized carbons (Fsp3) is 0.538. The van der Waals surface area contributed by atoms with Crippen LogP contribution >= 0.6 is 0 Å². The molecule has 1 unspecified atom stereocenters. The van der Waals surface area contributed by atoms with Crippen molar-refractivity contribution in [1.82, 2.24) is 5.32 Å². The predicted octanol–water partition coefficient (Wildman–Crippen LogP) is 2.62. The molecule has 0 aliphatic heterocycles. The van der Waals surface area contributed by atoms with Crippen molar-refractivity contribution < 1.29 is 18.3 Å². The van der Waals surface area contributed by atoms with E-state index in [0.717, 1.165) is 12.5 Å². The van der Waals surface area contributed by atoms with Gasteiger partial charge in [0.1, 0.15) is 11.6 Å². The highest BCUT2D eigenvalue weighted by atomic mass is 19.1. The molecule has 0 bridgehead atoms. The van der Waals surface area contributed by atoms with E-state index in [1.165, 1.54) is 26.4 Å². The van der Waals surface area contributed by atoms with Crippen molar-refractivity contribution in [2.24, 2.45) is 0 Å². The van der Waals surface area contributed by atoms with Gasteiger partial charge < -0.3 is 14.8 Å². The van der Waals surface area contributed by atoms with Crippen LogP contribution in [0.5, 0.6) is 0 Å². The normalized spacial score (nSPS) is 13.0. The molecule has 3 nitrogen and oxygen atoms in total. The minimum atomic E-state index is -0.612. The summed E-state index contributed by atoms with van der Waals surface area (Å²) in [5.41, 5.74) is 0.467. The van der Waals surface area contributed by atoms with E-state index < -0.39 is 24.0 Å². The van der Waals surface area contributed by atoms with Gasteiger partial charge in [-0.3, -0.25) is 0 Å². The maximum Gasteiger partial charge on any atom is 0.176 e. The maximum absolute atomic E-state index is 13.2. The lowest BCUT2D eigenvalue weighted by Crippen LogP contribution is -2.35. The van der Waals surface area contributed by atoms with Crippen LogP contribution in [0.3, 0.4) is 0 Å². The zero-order valence-corrected chi connectivity index (χ0v) is 10.9. The molecule has 1 aromatic rings. The summed E-state index contributed by atoms with van der Waals surface area (Å²) in [6.07, 6.45) is 0.298. The first-order valence-electron chi connectivity index (χ1n) is 5.87. The fourth-order valence-corrected chi connectivity index (χ4v) is 1.79. The second kappa shape index (κ2) is 7.41. The molecule has 0 aliphatic rings. The number of nitrogens with one attached hydrogen (secondary N) is 1. The Morgan fingerprint density at radius 1 is 1.11 bits per heavy atom. The summed E-state index contributed by atoms with van der Waals surface area (Å²) in [5.74, 6) is -1.22. The van der Waals surface area contributed by atoms with Gasteiger partial charge >= 0.3 is 0 Å². The van der Waals surface area contributed by atoms with Gasteiger partial charge in [0.25, 0.3) is 0 Å². The first kappa shape index (κ1) is 15.0. The Morgan fingerprint density at radius 3 is 2.11 bits per heavy atom. The largest absolute Gasteiger partial charge is 0.354 e. The molecular weight excluding hydrogens is 240 g/mol. The van der Waals surface area contributed by atoms with E-state index in [-0.39, 0.29) is 0 Å². The molecule has 0 radical (unpaired) electrons. The Morgan fingerprint density at radius 2 is 1.67 bits per heavy atom. The number of benzene rings is 1. The van der Waals surface area contributed by atoms with Crippen LogP contribution in [0, 0.1) is 11.6 Å². The molecule has 0 aliphatic carbocycles. The van der Waals surface area contributed by atoms with Crippen molar-refractivity contribution in [1.29, 1.82) is 0 Å². The van der Waals surface area contributed by atoms with E-state index in [1.54, 1.807) is 0 Å². The standard InChI is InChI=1S/C13H19F2NO2/c1-4-5-16-12(13(17-2)18-3)9-6-10(14)8-11(15)7-9/h6-8,12-13,16H,4-5H2,1-3H3. The van der Waals surface area contributed by atoms with E-state index in [4.69, 9.17) is 9.47 Å². The smallest absolute Gasteiger partial charge is 0.176 e. The van der Waals surface area contributed by atoms with Crippen LogP contribution in [-0.2, 0) is 9.47 Å². The lowest BCUT2D eigenvalue weighted by molar-refractivity contribution is -0.124. The molecule has 0 saturated carbocycles. The van der Waals surface area contributed by atoms with Crippen molar-refractivity contribution in [3.8, 4) is 0 Å². The molecule has 1 aromatic carbocycles. The topological polar surface area (TPSA) is 30.5 Å². The molecule has 0 fully saturated rings. The third kappa shape index (κ3) is 4.01. The van der Waals surface area contributed by atoms with Crippen molar-refractivity contribution in [2.75, 3.05) is 20.8 Å². The lowest BCUT2D eigenvalue weighted by atomic mass is 10.1. The summed E-state index contributed by atoms with van der Waals surface area (Å²) in [4.78, 5) is 0. The zero-order chi connectivity index (χ0) is 13.5. The van der Waals surface area contributed by atoms with E-state index >= 15 is 0 Å². The second-order valence-electron chi connectivity index (χ2n) is 3.97. The van der Waals surface area contributed by atoms with Gasteiger partial charge in [0.2, 0.25) is 0 Å². The van der Waals surface area contributed by atoms with Gasteiger partial charge in [0.15, 0.2) is 6.29 Å². The van der Waals surface area contributed by atoms with E-state index in [1.807, 2.05) is 6.92 Å². The number of halogens is 2. The summed E-state index contributed by atoms with van der Waals surface area (Å²) in [5, 5.41) is 3.16. The highest BCUT2D eigenvalue weighted by Gasteiger charge is 2.23. The average molecular weight is 259 g/mol. The summed E-state index contributed by atoms with van der Waals surface area (Å²) in [6.45, 7) is 2.71. The SMILES string of the molecule is CCCNC(c1cc(F)cc(F)c1)C(OC)OC. The van der Waals surface area contributed by atoms with E-state index in [2.05, 4.69) is 5.32 Å². The molecule has 1 atom stereocenters. The van der Waals surface area contributed by atoms with Crippen LogP contribution in [0.15, 0.2) is 18.2 Å². The fourth-order valence-electron chi connectivity index (χ4n) is 1.79. The summed E-state index contributed by atoms with van der Waals surface area (Å²) >= 11 is 0. The minimum Gasteiger partial charge on any atom is -0.354 e. The van der Waals surface area contributed by atoms with Crippen molar-refractivity contribution in [3.63, 3.8) is 0 Å². The number of hydrogen-bond acceptors (Lipinski definition) is 3. The molecule has 1 N–H and O–H groups in total. The van der Waals surface area contributed by atoms with Crippen LogP contribution in [0.25, 0.3) is 0 Å². The van der Waals surface area contributed by atoms with Gasteiger partial charge in [-0.05, 0) is 30.7 Å². The molecule has 0 saturated heterocycles. The van der Waals surface area contributed by atoms with Gasteiger partial charge in [-0.25, -0.2) is 8.78 Å². The minimum absolute atomic E-state index is 0.412. The van der Waals surface area contributed by atoms with Gasteiger partial charge in [-0.15, -0.1) is 0 Å². The van der Waals surface area contributed by atoms with Crippen molar-refractivity contribution in [2.45, 2.75) is 25.7 Å². The van der Waals surface area contributed by atoms with Crippen LogP contribution in [0.4, 0.5) is 8.78 Å². The monoisotopic (exact) mass is 259 g/mol. The van der Waals surface area contributed by atoms with Gasteiger partial charge in [0.05, 0.1) is 6.04 Å². The second-order valence-corrected chi connectivity index (χ2v) is 3.97. The van der Waals surface area contributed by atoms with Crippen molar-refractivity contribution in [3.05, 3.63) is 35.4 Å². The highest BCUT2D eigenvalue weighted by molar-refractivity contribution is 5.22. The maximum atomic E-state index is 13.2. The molecular formula is C13H19F2NO2. The molecule has 0 aromatic heterocycles. The Bertz CT molecular complexity index is 350. The third-order valence-electron chi connectivity index (χ3n) is 2.60. The Labute approximate surface area is 106 Å². The summed E-state index contributed by atoms with van der Waals surface area (Å²) < 4.78 is 36.8. The number of hydrogen-bond donors (Lipinski definition) is 1. The molecule has 1 rings (SSSR count). The molecule has 5 heteroatoms. The van der Waals surface area contributed by atoms with Crippen LogP contribution < -0.4 is 5.32 Å². The van der Waals surface area contributed by atoms with E-state index in [9.17, 15) is 8.78 Å². The number of ether oxygens (including phenoxy) is 2. The first-order valence-corrected chi connectivity index (χ1v) is 5.87. The van der Waals surface area contributed by atoms with Gasteiger partial charge in [-0.1, -0.05) is 6.92 Å². The van der Waals surface area contributed by atoms with Crippen LogP contribution in [-0.4, -0.2) is 27.1 Å². The lowest BCUT2D eigenvalue weighted by Gasteiger charge is -2.26. The highest BCUT2D eigenvalue weighted by Crippen LogP contribution is 2.21. The Kier molecular flexibility index (Phi) is 6.18. The first-order chi connectivity index (χ1) is 8.62. The molecule has 0 amide bonds. The third-order valence-corrected chi connectivity index (χ3v) is 2.60. The predicted molar refractivity (Wildman–Crippen MR) is 65.2 cm³/mol. The van der Waals surface area contributed by atoms with Crippen LogP contribution in [0.2, 0.25) is 0 Å². The molecule has 0 spiro atoms. The molecule has 18 heavy (non-hydrogen) atoms. The van der Waals surface area contributed by atoms with Gasteiger partial charge in [-0.2, -0.15) is 0 Å². The zero-order valence-electron chi connectivity index (χ0n) is 10.9. The average Bonchev–Trinajstić information content (AvgIpc) is 2.33. The summed E-state index contributed by atoms with van der Waals surface area (Å²) in [6, 6.07) is 2.99. The van der Waals surface area contributed by atoms with E-state index in [0.29, 0.717) is 12.1 Å².